The number of rotatable bonds is 9. The van der Waals surface area contributed by atoms with Crippen molar-refractivity contribution in [1.29, 1.82) is 0 Å². The first kappa shape index (κ1) is 32.5. The SMILES string of the molecule is CCN(CCOCCOC)C(=O)c1ccccc1C1=c2cc3c(cc2Oc2cc4c(cc21)C(C)CC(C)(C)C4)=CC(C)(C)CC3C. The molecule has 2 atom stereocenters. The molecule has 0 saturated heterocycles. The van der Waals surface area contributed by atoms with Crippen molar-refractivity contribution < 1.29 is 19.0 Å². The first-order valence-corrected chi connectivity index (χ1v) is 17.1. The molecule has 6 rings (SSSR count). The summed E-state index contributed by atoms with van der Waals surface area (Å²) < 4.78 is 17.7. The van der Waals surface area contributed by atoms with Gasteiger partial charge in [-0.15, -0.1) is 0 Å². The fourth-order valence-electron chi connectivity index (χ4n) is 8.31. The highest BCUT2D eigenvalue weighted by Gasteiger charge is 2.34. The van der Waals surface area contributed by atoms with Gasteiger partial charge in [0.25, 0.3) is 5.91 Å². The van der Waals surface area contributed by atoms with Crippen molar-refractivity contribution in [3.05, 3.63) is 92.3 Å². The number of likely N-dealkylation sites (N-methyl/N-ethyl adjacent to an activating group) is 1. The Balaban J connectivity index is 1.55. The van der Waals surface area contributed by atoms with Crippen LogP contribution in [0.15, 0.2) is 48.5 Å². The highest BCUT2D eigenvalue weighted by molar-refractivity contribution is 6.02. The molecule has 0 saturated carbocycles. The van der Waals surface area contributed by atoms with Gasteiger partial charge in [-0.3, -0.25) is 4.79 Å². The average molecular weight is 622 g/mol. The van der Waals surface area contributed by atoms with Crippen molar-refractivity contribution >= 4 is 17.6 Å². The summed E-state index contributed by atoms with van der Waals surface area (Å²) in [6.07, 6.45) is 5.68. The van der Waals surface area contributed by atoms with Crippen LogP contribution in [0.3, 0.4) is 0 Å². The molecular formula is C41H51NO4. The number of fused-ring (bicyclic) bond motifs is 4. The number of nitrogens with zero attached hydrogens (tertiary/aromatic N) is 1. The molecule has 3 aromatic carbocycles. The lowest BCUT2D eigenvalue weighted by molar-refractivity contribution is 0.0499. The lowest BCUT2D eigenvalue weighted by Crippen LogP contribution is -2.35. The molecule has 0 bridgehead atoms. The third-order valence-corrected chi connectivity index (χ3v) is 10.2. The van der Waals surface area contributed by atoms with Crippen molar-refractivity contribution in [2.75, 3.05) is 40.0 Å². The quantitative estimate of drug-likeness (QED) is 0.181. The first-order chi connectivity index (χ1) is 21.9. The van der Waals surface area contributed by atoms with Gasteiger partial charge in [0.2, 0.25) is 0 Å². The summed E-state index contributed by atoms with van der Waals surface area (Å²) in [7, 11) is 1.67. The standard InChI is InChI=1S/C41H51NO4/c1-9-42(14-15-45-17-16-44-8)39(43)31-13-11-10-12-30(31)38-34-20-32-26(2)22-40(4,5)24-28(32)18-36(34)46-37-19-29-25-41(6,7)23-27(3)33(29)21-35(37)38/h10-13,18-21,24,26-27H,9,14-17,22-23,25H2,1-8H3. The lowest BCUT2D eigenvalue weighted by atomic mass is 9.69. The van der Waals surface area contributed by atoms with Gasteiger partial charge in [0.05, 0.1) is 19.8 Å². The number of amides is 1. The van der Waals surface area contributed by atoms with Gasteiger partial charge in [0.15, 0.2) is 0 Å². The lowest BCUT2D eigenvalue weighted by Gasteiger charge is -2.37. The topological polar surface area (TPSA) is 48.0 Å². The van der Waals surface area contributed by atoms with Gasteiger partial charge in [-0.1, -0.05) is 65.8 Å². The fourth-order valence-corrected chi connectivity index (χ4v) is 8.31. The summed E-state index contributed by atoms with van der Waals surface area (Å²) in [5, 5.41) is 2.33. The number of carbonyl (C=O) groups excluding carboxylic acids is 1. The van der Waals surface area contributed by atoms with Crippen LogP contribution in [0.2, 0.25) is 0 Å². The fraction of sp³-hybridized carbons (Fsp3) is 0.488. The van der Waals surface area contributed by atoms with Crippen LogP contribution in [-0.4, -0.2) is 50.8 Å². The van der Waals surface area contributed by atoms with E-state index in [0.717, 1.165) is 52.7 Å². The Hall–Kier alpha value is -3.41. The van der Waals surface area contributed by atoms with Gasteiger partial charge in [-0.2, -0.15) is 0 Å². The monoisotopic (exact) mass is 621 g/mol. The molecule has 46 heavy (non-hydrogen) atoms. The second-order valence-electron chi connectivity index (χ2n) is 15.2. The van der Waals surface area contributed by atoms with Gasteiger partial charge >= 0.3 is 0 Å². The number of benzene rings is 3. The largest absolute Gasteiger partial charge is 0.456 e. The summed E-state index contributed by atoms with van der Waals surface area (Å²) >= 11 is 0. The molecular weight excluding hydrogens is 570 g/mol. The van der Waals surface area contributed by atoms with Crippen LogP contribution in [0, 0.1) is 10.8 Å². The third kappa shape index (κ3) is 6.29. The minimum Gasteiger partial charge on any atom is -0.456 e. The van der Waals surface area contributed by atoms with E-state index in [-0.39, 0.29) is 16.7 Å². The van der Waals surface area contributed by atoms with E-state index in [1.807, 2.05) is 24.0 Å². The normalized spacial score (nSPS) is 20.4. The summed E-state index contributed by atoms with van der Waals surface area (Å²) in [4.78, 5) is 16.2. The number of methoxy groups -OCH3 is 1. The van der Waals surface area contributed by atoms with Crippen LogP contribution in [0.5, 0.6) is 11.5 Å². The molecule has 1 aliphatic heterocycles. The van der Waals surface area contributed by atoms with E-state index in [0.29, 0.717) is 50.3 Å². The predicted molar refractivity (Wildman–Crippen MR) is 186 cm³/mol. The Labute approximate surface area is 275 Å². The van der Waals surface area contributed by atoms with Crippen molar-refractivity contribution in [2.24, 2.45) is 10.8 Å². The van der Waals surface area contributed by atoms with Crippen LogP contribution >= 0.6 is 0 Å². The first-order valence-electron chi connectivity index (χ1n) is 17.1. The number of hydrogen-bond donors (Lipinski definition) is 0. The molecule has 0 radical (unpaired) electrons. The van der Waals surface area contributed by atoms with E-state index in [1.54, 1.807) is 7.11 Å². The highest BCUT2D eigenvalue weighted by Crippen LogP contribution is 2.47. The average Bonchev–Trinajstić information content (AvgIpc) is 2.99. The molecule has 0 spiro atoms. The molecule has 2 aliphatic carbocycles. The van der Waals surface area contributed by atoms with Gasteiger partial charge in [-0.25, -0.2) is 0 Å². The maximum Gasteiger partial charge on any atom is 0.254 e. The van der Waals surface area contributed by atoms with E-state index in [4.69, 9.17) is 14.2 Å². The summed E-state index contributed by atoms with van der Waals surface area (Å²) in [6, 6.07) is 17.4. The molecule has 1 amide bonds. The molecule has 3 aromatic rings. The van der Waals surface area contributed by atoms with Crippen LogP contribution in [0.4, 0.5) is 0 Å². The number of ether oxygens (including phenoxy) is 3. The van der Waals surface area contributed by atoms with E-state index < -0.39 is 0 Å². The Morgan fingerprint density at radius 2 is 1.67 bits per heavy atom. The van der Waals surface area contributed by atoms with Gasteiger partial charge in [0.1, 0.15) is 11.5 Å². The minimum atomic E-state index is 0.0185. The molecule has 2 unspecified atom stereocenters. The zero-order valence-corrected chi connectivity index (χ0v) is 29.1. The van der Waals surface area contributed by atoms with Crippen molar-refractivity contribution in [1.82, 2.24) is 4.90 Å². The molecule has 0 aromatic heterocycles. The Morgan fingerprint density at radius 3 is 2.43 bits per heavy atom. The van der Waals surface area contributed by atoms with Crippen molar-refractivity contribution in [2.45, 2.75) is 79.6 Å². The smallest absolute Gasteiger partial charge is 0.254 e. The van der Waals surface area contributed by atoms with Crippen LogP contribution in [0.1, 0.15) is 111 Å². The Morgan fingerprint density at radius 1 is 0.913 bits per heavy atom. The van der Waals surface area contributed by atoms with Crippen molar-refractivity contribution in [3.8, 4) is 11.5 Å². The molecule has 5 nitrogen and oxygen atoms in total. The molecule has 1 heterocycles. The summed E-state index contributed by atoms with van der Waals surface area (Å²) in [5.74, 6) is 2.63. The maximum atomic E-state index is 14.3. The third-order valence-electron chi connectivity index (χ3n) is 10.2. The highest BCUT2D eigenvalue weighted by atomic mass is 16.5. The predicted octanol–water partition coefficient (Wildman–Crippen LogP) is 7.55. The minimum absolute atomic E-state index is 0.0185. The van der Waals surface area contributed by atoms with Crippen LogP contribution in [0.25, 0.3) is 11.6 Å². The molecule has 0 fully saturated rings. The summed E-state index contributed by atoms with van der Waals surface area (Å²) in [5.41, 5.74) is 8.32. The van der Waals surface area contributed by atoms with Crippen LogP contribution < -0.4 is 15.2 Å². The Kier molecular flexibility index (Phi) is 8.95. The van der Waals surface area contributed by atoms with Gasteiger partial charge in [-0.05, 0) is 107 Å². The van der Waals surface area contributed by atoms with Gasteiger partial charge in [0, 0.05) is 42.1 Å². The zero-order valence-electron chi connectivity index (χ0n) is 29.1. The maximum absolute atomic E-state index is 14.3. The summed E-state index contributed by atoms with van der Waals surface area (Å²) in [6.45, 7) is 18.7. The van der Waals surface area contributed by atoms with Gasteiger partial charge < -0.3 is 19.1 Å². The van der Waals surface area contributed by atoms with Crippen molar-refractivity contribution in [3.63, 3.8) is 0 Å². The number of hydrogen-bond acceptors (Lipinski definition) is 4. The molecule has 244 valence electrons. The van der Waals surface area contributed by atoms with E-state index in [2.05, 4.69) is 84.0 Å². The molecule has 0 N–H and O–H groups in total. The molecule has 5 heteroatoms. The van der Waals surface area contributed by atoms with E-state index in [1.165, 1.54) is 21.9 Å². The van der Waals surface area contributed by atoms with E-state index in [9.17, 15) is 4.79 Å². The zero-order chi connectivity index (χ0) is 32.8. The number of carbonyl (C=O) groups is 1. The Bertz CT molecular complexity index is 1770. The second-order valence-corrected chi connectivity index (χ2v) is 15.2. The second kappa shape index (κ2) is 12.7. The van der Waals surface area contributed by atoms with Crippen LogP contribution in [-0.2, 0) is 15.9 Å². The molecule has 3 aliphatic rings. The van der Waals surface area contributed by atoms with E-state index >= 15 is 0 Å².